The molecule has 1 aliphatic heterocycles. The van der Waals surface area contributed by atoms with Crippen molar-refractivity contribution in [3.63, 3.8) is 0 Å². The standard InChI is InChI=1S/C18H24N4O5S/c1-18(2,3)27-17(23)22-10-9-14-15(11-22)19-20-16(14)21-28(24,25)13-7-5-12(26-4)6-8-13/h5-8H,9-11H2,1-4H3,(H2,19,20,21). The molecular weight excluding hydrogens is 384 g/mol. The van der Waals surface area contributed by atoms with Gasteiger partial charge in [-0.05, 0) is 51.5 Å². The Labute approximate surface area is 164 Å². The van der Waals surface area contributed by atoms with Gasteiger partial charge in [-0.3, -0.25) is 9.82 Å². The van der Waals surface area contributed by atoms with Crippen LogP contribution in [-0.4, -0.2) is 48.9 Å². The normalized spacial score (nSPS) is 14.4. The van der Waals surface area contributed by atoms with E-state index >= 15 is 0 Å². The number of ether oxygens (including phenoxy) is 2. The summed E-state index contributed by atoms with van der Waals surface area (Å²) in [6.07, 6.45) is 0.0547. The topological polar surface area (TPSA) is 114 Å². The molecule has 1 aliphatic rings. The van der Waals surface area contributed by atoms with Gasteiger partial charge in [0.05, 0.1) is 24.2 Å². The summed E-state index contributed by atoms with van der Waals surface area (Å²) >= 11 is 0. The van der Waals surface area contributed by atoms with Gasteiger partial charge in [0, 0.05) is 12.1 Å². The minimum absolute atomic E-state index is 0.108. The summed E-state index contributed by atoms with van der Waals surface area (Å²) in [5.74, 6) is 0.813. The molecule has 1 aromatic heterocycles. The molecule has 3 rings (SSSR count). The second-order valence-electron chi connectivity index (χ2n) is 7.46. The van der Waals surface area contributed by atoms with E-state index < -0.39 is 21.7 Å². The van der Waals surface area contributed by atoms with Crippen molar-refractivity contribution < 1.29 is 22.7 Å². The van der Waals surface area contributed by atoms with Gasteiger partial charge in [0.15, 0.2) is 5.82 Å². The molecule has 1 aromatic carbocycles. The van der Waals surface area contributed by atoms with Gasteiger partial charge in [0.1, 0.15) is 11.4 Å². The van der Waals surface area contributed by atoms with E-state index in [4.69, 9.17) is 9.47 Å². The third-order valence-corrected chi connectivity index (χ3v) is 5.54. The molecule has 0 saturated heterocycles. The number of carbonyl (C=O) groups excluding carboxylic acids is 1. The van der Waals surface area contributed by atoms with E-state index in [1.807, 2.05) is 20.8 Å². The Kier molecular flexibility index (Phi) is 5.24. The first kappa shape index (κ1) is 20.0. The lowest BCUT2D eigenvalue weighted by molar-refractivity contribution is 0.0221. The van der Waals surface area contributed by atoms with Crippen molar-refractivity contribution in [1.29, 1.82) is 0 Å². The summed E-state index contributed by atoms with van der Waals surface area (Å²) in [4.78, 5) is 13.9. The quantitative estimate of drug-likeness (QED) is 0.804. The number of H-pyrrole nitrogens is 1. The molecule has 28 heavy (non-hydrogen) atoms. The summed E-state index contributed by atoms with van der Waals surface area (Å²) in [7, 11) is -2.28. The lowest BCUT2D eigenvalue weighted by Crippen LogP contribution is -2.39. The van der Waals surface area contributed by atoms with Crippen molar-refractivity contribution in [3.8, 4) is 5.75 Å². The second-order valence-corrected chi connectivity index (χ2v) is 9.14. The van der Waals surface area contributed by atoms with Gasteiger partial charge >= 0.3 is 6.09 Å². The summed E-state index contributed by atoms with van der Waals surface area (Å²) in [6.45, 7) is 6.12. The largest absolute Gasteiger partial charge is 0.497 e. The Morgan fingerprint density at radius 3 is 2.54 bits per heavy atom. The van der Waals surface area contributed by atoms with Crippen LogP contribution in [0.15, 0.2) is 29.2 Å². The number of hydrogen-bond donors (Lipinski definition) is 2. The van der Waals surface area contributed by atoms with Crippen LogP contribution in [0.2, 0.25) is 0 Å². The van der Waals surface area contributed by atoms with Gasteiger partial charge in [0.25, 0.3) is 10.0 Å². The smallest absolute Gasteiger partial charge is 0.410 e. The lowest BCUT2D eigenvalue weighted by atomic mass is 10.1. The molecule has 0 spiro atoms. The van der Waals surface area contributed by atoms with Crippen LogP contribution in [0.25, 0.3) is 0 Å². The lowest BCUT2D eigenvalue weighted by Gasteiger charge is -2.29. The maximum Gasteiger partial charge on any atom is 0.410 e. The Hall–Kier alpha value is -2.75. The summed E-state index contributed by atoms with van der Waals surface area (Å²) in [5, 5.41) is 6.91. The minimum Gasteiger partial charge on any atom is -0.497 e. The van der Waals surface area contributed by atoms with Crippen LogP contribution < -0.4 is 9.46 Å². The number of methoxy groups -OCH3 is 1. The zero-order valence-electron chi connectivity index (χ0n) is 16.3. The van der Waals surface area contributed by atoms with E-state index in [0.29, 0.717) is 24.4 Å². The number of amides is 1. The van der Waals surface area contributed by atoms with Crippen LogP contribution in [0.1, 0.15) is 32.0 Å². The molecule has 152 valence electrons. The predicted octanol–water partition coefficient (Wildman–Crippen LogP) is 2.51. The van der Waals surface area contributed by atoms with Crippen LogP contribution >= 0.6 is 0 Å². The van der Waals surface area contributed by atoms with Gasteiger partial charge in [-0.2, -0.15) is 5.10 Å². The number of benzene rings is 1. The molecule has 2 heterocycles. The number of carbonyl (C=O) groups is 1. The first-order chi connectivity index (χ1) is 13.1. The second kappa shape index (κ2) is 7.34. The van der Waals surface area contributed by atoms with E-state index in [0.717, 1.165) is 5.56 Å². The number of hydrogen-bond acceptors (Lipinski definition) is 6. The average Bonchev–Trinajstić information content (AvgIpc) is 3.02. The number of aromatic nitrogens is 2. The molecule has 1 amide bonds. The van der Waals surface area contributed by atoms with Gasteiger partial charge in [-0.15, -0.1) is 0 Å². The van der Waals surface area contributed by atoms with Crippen molar-refractivity contribution in [2.45, 2.75) is 44.2 Å². The fraction of sp³-hybridized carbons (Fsp3) is 0.444. The van der Waals surface area contributed by atoms with Crippen molar-refractivity contribution in [3.05, 3.63) is 35.5 Å². The van der Waals surface area contributed by atoms with Gasteiger partial charge in [-0.25, -0.2) is 13.2 Å². The van der Waals surface area contributed by atoms with Gasteiger partial charge in [-0.1, -0.05) is 0 Å². The summed E-state index contributed by atoms with van der Waals surface area (Å²) in [6, 6.07) is 6.08. The Morgan fingerprint density at radius 2 is 1.93 bits per heavy atom. The molecule has 0 atom stereocenters. The molecule has 2 aromatic rings. The van der Waals surface area contributed by atoms with Crippen molar-refractivity contribution in [1.82, 2.24) is 15.1 Å². The maximum atomic E-state index is 12.6. The minimum atomic E-state index is -3.79. The average molecular weight is 408 g/mol. The third-order valence-electron chi connectivity index (χ3n) is 4.19. The van der Waals surface area contributed by atoms with Gasteiger partial charge < -0.3 is 14.4 Å². The molecular formula is C18H24N4O5S. The fourth-order valence-corrected chi connectivity index (χ4v) is 3.86. The van der Waals surface area contributed by atoms with Crippen molar-refractivity contribution in [2.24, 2.45) is 0 Å². The van der Waals surface area contributed by atoms with Crippen LogP contribution in [0, 0.1) is 0 Å². The van der Waals surface area contributed by atoms with E-state index in [9.17, 15) is 13.2 Å². The monoisotopic (exact) mass is 408 g/mol. The van der Waals surface area contributed by atoms with Crippen molar-refractivity contribution in [2.75, 3.05) is 18.4 Å². The van der Waals surface area contributed by atoms with E-state index in [2.05, 4.69) is 14.9 Å². The van der Waals surface area contributed by atoms with E-state index in [1.165, 1.54) is 19.2 Å². The van der Waals surface area contributed by atoms with Crippen LogP contribution in [0.4, 0.5) is 10.6 Å². The molecule has 0 saturated carbocycles. The molecule has 0 aliphatic carbocycles. The number of nitrogens with zero attached hydrogens (tertiary/aromatic N) is 2. The summed E-state index contributed by atoms with van der Waals surface area (Å²) < 4.78 is 38.2. The Bertz CT molecular complexity index is 961. The molecule has 10 heteroatoms. The van der Waals surface area contributed by atoms with Gasteiger partial charge in [0.2, 0.25) is 0 Å². The zero-order valence-corrected chi connectivity index (χ0v) is 17.1. The first-order valence-corrected chi connectivity index (χ1v) is 10.3. The third kappa shape index (κ3) is 4.38. The fourth-order valence-electron chi connectivity index (χ4n) is 2.83. The highest BCUT2D eigenvalue weighted by Crippen LogP contribution is 2.27. The number of nitrogens with one attached hydrogen (secondary N) is 2. The number of fused-ring (bicyclic) bond motifs is 1. The number of rotatable bonds is 4. The van der Waals surface area contributed by atoms with E-state index in [1.54, 1.807) is 17.0 Å². The summed E-state index contributed by atoms with van der Waals surface area (Å²) in [5.41, 5.74) is 0.853. The van der Waals surface area contributed by atoms with E-state index in [-0.39, 0.29) is 17.3 Å². The number of anilines is 1. The highest BCUT2D eigenvalue weighted by Gasteiger charge is 2.29. The Balaban J connectivity index is 1.74. The molecule has 9 nitrogen and oxygen atoms in total. The number of aromatic amines is 1. The van der Waals surface area contributed by atoms with Crippen LogP contribution in [-0.2, 0) is 27.7 Å². The van der Waals surface area contributed by atoms with Crippen LogP contribution in [0.5, 0.6) is 5.75 Å². The molecule has 0 radical (unpaired) electrons. The Morgan fingerprint density at radius 1 is 1.25 bits per heavy atom. The molecule has 2 N–H and O–H groups in total. The SMILES string of the molecule is COc1ccc(S(=O)(=O)Nc2n[nH]c3c2CCN(C(=O)OC(C)(C)C)C3)cc1. The predicted molar refractivity (Wildman–Crippen MR) is 103 cm³/mol. The zero-order chi connectivity index (χ0) is 20.5. The molecule has 0 bridgehead atoms. The number of sulfonamides is 1. The molecule has 0 unspecified atom stereocenters. The maximum absolute atomic E-state index is 12.6. The molecule has 0 fully saturated rings. The first-order valence-electron chi connectivity index (χ1n) is 8.80. The highest BCUT2D eigenvalue weighted by molar-refractivity contribution is 7.92. The van der Waals surface area contributed by atoms with Crippen molar-refractivity contribution >= 4 is 21.9 Å². The van der Waals surface area contributed by atoms with Crippen LogP contribution in [0.3, 0.4) is 0 Å². The highest BCUT2D eigenvalue weighted by atomic mass is 32.2.